The van der Waals surface area contributed by atoms with E-state index in [4.69, 9.17) is 14.2 Å². The van der Waals surface area contributed by atoms with Crippen LogP contribution in [0.2, 0.25) is 0 Å². The fourth-order valence-corrected chi connectivity index (χ4v) is 5.78. The summed E-state index contributed by atoms with van der Waals surface area (Å²) in [5.74, 6) is 1.14. The van der Waals surface area contributed by atoms with Crippen LogP contribution in [0.3, 0.4) is 0 Å². The van der Waals surface area contributed by atoms with E-state index in [1.165, 1.54) is 0 Å². The Hall–Kier alpha value is -2.28. The number of benzene rings is 1. The van der Waals surface area contributed by atoms with Gasteiger partial charge in [-0.3, -0.25) is 9.59 Å². The summed E-state index contributed by atoms with van der Waals surface area (Å²) in [6.45, 7) is 1.34. The van der Waals surface area contributed by atoms with Gasteiger partial charge >= 0.3 is 0 Å². The molecular weight excluding hydrogens is 408 g/mol. The minimum Gasteiger partial charge on any atom is -0.454 e. The molecule has 2 aliphatic heterocycles. The Bertz CT molecular complexity index is 839. The molecule has 4 aliphatic rings. The van der Waals surface area contributed by atoms with E-state index < -0.39 is 5.54 Å². The molecule has 2 heterocycles. The summed E-state index contributed by atoms with van der Waals surface area (Å²) < 4.78 is 16.9. The Morgan fingerprint density at radius 1 is 0.969 bits per heavy atom. The standard InChI is InChI=1S/C25H34N2O5/c28-23(18-10-11-21-22(15-18)32-17-31-21)27(16-20-9-6-14-30-20)25(12-4-1-5-13-25)24(29)26-19-7-2-3-8-19/h10-11,15,19-20H,1-9,12-14,16-17H2,(H,26,29)/t20-/m0/s1. The average Bonchev–Trinajstić information content (AvgIpc) is 3.60. The fraction of sp³-hybridized carbons (Fsp3) is 0.680. The summed E-state index contributed by atoms with van der Waals surface area (Å²) in [4.78, 5) is 29.6. The van der Waals surface area contributed by atoms with Crippen LogP contribution in [0.1, 0.15) is 81.0 Å². The minimum absolute atomic E-state index is 0.0222. The fourth-order valence-electron chi connectivity index (χ4n) is 5.78. The number of nitrogens with zero attached hydrogens (tertiary/aromatic N) is 1. The lowest BCUT2D eigenvalue weighted by atomic mass is 9.78. The van der Waals surface area contributed by atoms with E-state index in [0.29, 0.717) is 36.4 Å². The van der Waals surface area contributed by atoms with E-state index in [-0.39, 0.29) is 30.8 Å². The lowest BCUT2D eigenvalue weighted by Gasteiger charge is -2.46. The van der Waals surface area contributed by atoms with Crippen LogP contribution in [0.25, 0.3) is 0 Å². The van der Waals surface area contributed by atoms with Crippen LogP contribution in [0.15, 0.2) is 18.2 Å². The van der Waals surface area contributed by atoms with Gasteiger partial charge < -0.3 is 24.4 Å². The SMILES string of the molecule is O=C(c1ccc2c(c1)OCO2)N(C[C@@H]1CCCO1)C1(C(=O)NC2CCCC2)CCCCC1. The van der Waals surface area contributed by atoms with Crippen molar-refractivity contribution in [2.75, 3.05) is 19.9 Å². The summed E-state index contributed by atoms with van der Waals surface area (Å²) in [7, 11) is 0. The number of carbonyl (C=O) groups excluding carboxylic acids is 2. The Labute approximate surface area is 189 Å². The number of amides is 2. The number of hydrogen-bond donors (Lipinski definition) is 1. The molecule has 0 radical (unpaired) electrons. The van der Waals surface area contributed by atoms with Crippen molar-refractivity contribution in [1.82, 2.24) is 10.2 Å². The van der Waals surface area contributed by atoms with Gasteiger partial charge in [-0.1, -0.05) is 32.1 Å². The van der Waals surface area contributed by atoms with E-state index in [1.54, 1.807) is 18.2 Å². The van der Waals surface area contributed by atoms with Crippen LogP contribution in [-0.4, -0.2) is 54.3 Å². The van der Waals surface area contributed by atoms with Crippen LogP contribution < -0.4 is 14.8 Å². The van der Waals surface area contributed by atoms with Crippen LogP contribution >= 0.6 is 0 Å². The molecule has 7 heteroatoms. The molecule has 1 aromatic rings. The second-order valence-electron chi connectivity index (χ2n) is 9.67. The molecule has 3 fully saturated rings. The Kier molecular flexibility index (Phi) is 6.26. The van der Waals surface area contributed by atoms with Gasteiger partial charge in [0.05, 0.1) is 6.10 Å². The summed E-state index contributed by atoms with van der Waals surface area (Å²) >= 11 is 0. The maximum absolute atomic E-state index is 14.0. The Morgan fingerprint density at radius 3 is 2.50 bits per heavy atom. The third-order valence-corrected chi connectivity index (χ3v) is 7.59. The van der Waals surface area contributed by atoms with Crippen molar-refractivity contribution in [2.24, 2.45) is 0 Å². The van der Waals surface area contributed by atoms with E-state index in [0.717, 1.165) is 64.4 Å². The molecule has 32 heavy (non-hydrogen) atoms. The molecule has 0 unspecified atom stereocenters. The number of ether oxygens (including phenoxy) is 3. The molecule has 0 spiro atoms. The highest BCUT2D eigenvalue weighted by atomic mass is 16.7. The number of fused-ring (bicyclic) bond motifs is 1. The smallest absolute Gasteiger partial charge is 0.254 e. The van der Waals surface area contributed by atoms with Gasteiger partial charge in [0.2, 0.25) is 12.7 Å². The second-order valence-corrected chi connectivity index (χ2v) is 9.67. The maximum atomic E-state index is 14.0. The monoisotopic (exact) mass is 442 g/mol. The van der Waals surface area contributed by atoms with E-state index in [2.05, 4.69) is 5.32 Å². The van der Waals surface area contributed by atoms with Crippen LogP contribution in [0.5, 0.6) is 11.5 Å². The zero-order valence-corrected chi connectivity index (χ0v) is 18.8. The first-order valence-corrected chi connectivity index (χ1v) is 12.3. The lowest BCUT2D eigenvalue weighted by Crippen LogP contribution is -2.63. The van der Waals surface area contributed by atoms with Crippen molar-refractivity contribution in [1.29, 1.82) is 0 Å². The molecule has 2 aliphatic carbocycles. The third kappa shape index (κ3) is 4.19. The first-order valence-electron chi connectivity index (χ1n) is 12.3. The van der Waals surface area contributed by atoms with Gasteiger partial charge in [0.1, 0.15) is 5.54 Å². The number of carbonyl (C=O) groups is 2. The molecule has 174 valence electrons. The summed E-state index contributed by atoms with van der Waals surface area (Å²) in [6, 6.07) is 5.54. The van der Waals surface area contributed by atoms with Crippen molar-refractivity contribution in [3.63, 3.8) is 0 Å². The van der Waals surface area contributed by atoms with Gasteiger partial charge in [0, 0.05) is 24.8 Å². The van der Waals surface area contributed by atoms with Crippen molar-refractivity contribution in [2.45, 2.75) is 88.3 Å². The van der Waals surface area contributed by atoms with Crippen LogP contribution in [0, 0.1) is 0 Å². The number of hydrogen-bond acceptors (Lipinski definition) is 5. The van der Waals surface area contributed by atoms with Gasteiger partial charge in [-0.05, 0) is 56.7 Å². The van der Waals surface area contributed by atoms with E-state index >= 15 is 0 Å². The first-order chi connectivity index (χ1) is 15.7. The number of nitrogens with one attached hydrogen (secondary N) is 1. The van der Waals surface area contributed by atoms with Gasteiger partial charge in [-0.2, -0.15) is 0 Å². The zero-order valence-electron chi connectivity index (χ0n) is 18.8. The topological polar surface area (TPSA) is 77.1 Å². The molecule has 7 nitrogen and oxygen atoms in total. The molecule has 5 rings (SSSR count). The first kappa shape index (κ1) is 21.6. The van der Waals surface area contributed by atoms with Crippen molar-refractivity contribution in [3.05, 3.63) is 23.8 Å². The third-order valence-electron chi connectivity index (χ3n) is 7.59. The highest BCUT2D eigenvalue weighted by molar-refractivity contribution is 6.00. The summed E-state index contributed by atoms with van der Waals surface area (Å²) in [5.41, 5.74) is -0.286. The van der Waals surface area contributed by atoms with Crippen molar-refractivity contribution < 1.29 is 23.8 Å². The summed E-state index contributed by atoms with van der Waals surface area (Å²) in [6.07, 6.45) is 10.7. The molecule has 1 aromatic carbocycles. The largest absolute Gasteiger partial charge is 0.454 e. The molecule has 2 saturated carbocycles. The zero-order chi connectivity index (χ0) is 22.0. The molecule has 1 N–H and O–H groups in total. The average molecular weight is 443 g/mol. The minimum atomic E-state index is -0.819. The highest BCUT2D eigenvalue weighted by Crippen LogP contribution is 2.38. The van der Waals surface area contributed by atoms with Crippen molar-refractivity contribution >= 4 is 11.8 Å². The molecule has 1 atom stereocenters. The normalized spacial score (nSPS) is 24.4. The van der Waals surface area contributed by atoms with Gasteiger partial charge in [-0.25, -0.2) is 0 Å². The van der Waals surface area contributed by atoms with Gasteiger partial charge in [0.25, 0.3) is 5.91 Å². The molecular formula is C25H34N2O5. The predicted molar refractivity (Wildman–Crippen MR) is 119 cm³/mol. The quantitative estimate of drug-likeness (QED) is 0.725. The Balaban J connectivity index is 1.47. The van der Waals surface area contributed by atoms with Crippen molar-refractivity contribution in [3.8, 4) is 11.5 Å². The molecule has 0 aromatic heterocycles. The van der Waals surface area contributed by atoms with Crippen LogP contribution in [0.4, 0.5) is 0 Å². The van der Waals surface area contributed by atoms with Crippen LogP contribution in [-0.2, 0) is 9.53 Å². The Morgan fingerprint density at radius 2 is 1.75 bits per heavy atom. The molecule has 2 amide bonds. The maximum Gasteiger partial charge on any atom is 0.254 e. The molecule has 0 bridgehead atoms. The highest BCUT2D eigenvalue weighted by Gasteiger charge is 2.48. The lowest BCUT2D eigenvalue weighted by molar-refractivity contribution is -0.136. The molecule has 1 saturated heterocycles. The van der Waals surface area contributed by atoms with Gasteiger partial charge in [-0.15, -0.1) is 0 Å². The number of rotatable bonds is 6. The van der Waals surface area contributed by atoms with E-state index in [1.807, 2.05) is 4.90 Å². The predicted octanol–water partition coefficient (Wildman–Crippen LogP) is 3.80. The summed E-state index contributed by atoms with van der Waals surface area (Å²) in [5, 5.41) is 3.32. The second kappa shape index (κ2) is 9.30. The van der Waals surface area contributed by atoms with Gasteiger partial charge in [0.15, 0.2) is 11.5 Å². The van der Waals surface area contributed by atoms with E-state index in [9.17, 15) is 9.59 Å².